The molecule has 144 valence electrons. The van der Waals surface area contributed by atoms with Gasteiger partial charge in [0.05, 0.1) is 11.3 Å². The zero-order valence-corrected chi connectivity index (χ0v) is 16.7. The number of fused-ring (bicyclic) bond motifs is 1. The maximum atomic E-state index is 13.3. The number of likely N-dealkylation sites (N-methyl/N-ethyl adjacent to an activating group) is 1. The molecule has 0 saturated carbocycles. The number of nitrogens with zero attached hydrogens (tertiary/aromatic N) is 3. The zero-order valence-electron chi connectivity index (χ0n) is 15.2. The van der Waals surface area contributed by atoms with Gasteiger partial charge < -0.3 is 20.0 Å². The number of amidine groups is 1. The van der Waals surface area contributed by atoms with E-state index in [2.05, 4.69) is 4.99 Å². The van der Waals surface area contributed by atoms with Crippen molar-refractivity contribution in [1.82, 2.24) is 4.90 Å². The molecule has 0 aromatic heterocycles. The highest BCUT2D eigenvalue weighted by atomic mass is 35.5. The largest absolute Gasteiger partial charge is 0.621 e. The van der Waals surface area contributed by atoms with E-state index >= 15 is 0 Å². The monoisotopic (exact) mass is 409 g/mol. The van der Waals surface area contributed by atoms with Crippen LogP contribution in [0.3, 0.4) is 0 Å². The SMILES string of the molecule is COC1C(N(C)C(C)O)=Nc2ccc(Cl)cc2C(c2ccccc2)=[N+]1[O-].Cl. The van der Waals surface area contributed by atoms with Gasteiger partial charge in [-0.25, -0.2) is 4.99 Å². The van der Waals surface area contributed by atoms with Crippen LogP contribution in [0, 0.1) is 5.21 Å². The number of hydroxylamine groups is 1. The van der Waals surface area contributed by atoms with Gasteiger partial charge in [-0.1, -0.05) is 29.8 Å². The minimum atomic E-state index is -1.02. The number of benzene rings is 2. The third kappa shape index (κ3) is 4.09. The molecule has 2 aromatic carbocycles. The number of rotatable bonds is 3. The van der Waals surface area contributed by atoms with Gasteiger partial charge in [-0.05, 0) is 37.3 Å². The highest BCUT2D eigenvalue weighted by Crippen LogP contribution is 2.30. The fraction of sp³-hybridized carbons (Fsp3) is 0.263. The second kappa shape index (κ2) is 8.71. The fourth-order valence-electron chi connectivity index (χ4n) is 2.84. The summed E-state index contributed by atoms with van der Waals surface area (Å²) < 4.78 is 6.23. The lowest BCUT2D eigenvalue weighted by atomic mass is 10.0. The molecule has 1 N–H and O–H groups in total. The second-order valence-electron chi connectivity index (χ2n) is 6.00. The second-order valence-corrected chi connectivity index (χ2v) is 6.44. The van der Waals surface area contributed by atoms with Crippen LogP contribution in [0.4, 0.5) is 5.69 Å². The molecule has 0 aliphatic carbocycles. The minimum absolute atomic E-state index is 0. The Morgan fingerprint density at radius 2 is 1.93 bits per heavy atom. The molecule has 27 heavy (non-hydrogen) atoms. The molecule has 2 unspecified atom stereocenters. The third-order valence-corrected chi connectivity index (χ3v) is 4.53. The van der Waals surface area contributed by atoms with E-state index in [9.17, 15) is 10.3 Å². The van der Waals surface area contributed by atoms with Gasteiger partial charge in [0.2, 0.25) is 11.5 Å². The fourth-order valence-corrected chi connectivity index (χ4v) is 3.01. The van der Waals surface area contributed by atoms with Gasteiger partial charge in [0.15, 0.2) is 0 Å². The smallest absolute Gasteiger partial charge is 0.327 e. The van der Waals surface area contributed by atoms with Crippen molar-refractivity contribution >= 4 is 41.2 Å². The van der Waals surface area contributed by atoms with E-state index in [0.717, 1.165) is 10.3 Å². The molecular weight excluding hydrogens is 389 g/mol. The lowest BCUT2D eigenvalue weighted by Crippen LogP contribution is -2.47. The predicted octanol–water partition coefficient (Wildman–Crippen LogP) is 3.40. The quantitative estimate of drug-likeness (QED) is 0.479. The summed E-state index contributed by atoms with van der Waals surface area (Å²) in [7, 11) is 3.10. The Hall–Kier alpha value is -2.12. The summed E-state index contributed by atoms with van der Waals surface area (Å²) in [5.41, 5.74) is 2.32. The topological polar surface area (TPSA) is 71.1 Å². The summed E-state index contributed by atoms with van der Waals surface area (Å²) in [5.74, 6) is 0.312. The van der Waals surface area contributed by atoms with E-state index in [1.165, 1.54) is 12.0 Å². The van der Waals surface area contributed by atoms with E-state index in [4.69, 9.17) is 16.3 Å². The number of aliphatic hydroxyl groups is 1. The van der Waals surface area contributed by atoms with Gasteiger partial charge >= 0.3 is 6.23 Å². The summed E-state index contributed by atoms with van der Waals surface area (Å²) in [5, 5.41) is 23.8. The molecule has 2 atom stereocenters. The number of hydrogen-bond acceptors (Lipinski definition) is 5. The van der Waals surface area contributed by atoms with Crippen molar-refractivity contribution in [3.05, 3.63) is 69.9 Å². The average molecular weight is 410 g/mol. The molecule has 0 bridgehead atoms. The molecule has 0 fully saturated rings. The van der Waals surface area contributed by atoms with Gasteiger partial charge in [0.1, 0.15) is 6.23 Å². The first-order valence-corrected chi connectivity index (χ1v) is 8.52. The highest BCUT2D eigenvalue weighted by Gasteiger charge is 2.36. The number of aliphatic imine (C=N–C) groups is 1. The molecule has 2 aromatic rings. The molecule has 6 nitrogen and oxygen atoms in total. The standard InChI is InChI=1S/C19H20ClN3O3.ClH/c1-12(24)22(2)18-19(26-3)23(25)17(13-7-5-4-6-8-13)15-11-14(20)9-10-16(15)21-18;/h4-12,19,24H,1-3H3;1H. The van der Waals surface area contributed by atoms with Crippen LogP contribution in [-0.4, -0.2) is 52.9 Å². The predicted molar refractivity (Wildman–Crippen MR) is 109 cm³/mol. The summed E-state index contributed by atoms with van der Waals surface area (Å²) in [6, 6.07) is 14.5. The van der Waals surface area contributed by atoms with Gasteiger partial charge in [-0.15, -0.1) is 12.4 Å². The summed E-state index contributed by atoms with van der Waals surface area (Å²) in [4.78, 5) is 6.12. The molecule has 0 radical (unpaired) electrons. The minimum Gasteiger partial charge on any atom is -0.621 e. The molecule has 3 rings (SSSR count). The van der Waals surface area contributed by atoms with E-state index < -0.39 is 12.5 Å². The third-order valence-electron chi connectivity index (χ3n) is 4.30. The molecular formula is C19H21Cl2N3O3. The molecule has 0 saturated heterocycles. The van der Waals surface area contributed by atoms with Crippen molar-refractivity contribution in [2.45, 2.75) is 19.4 Å². The molecule has 0 spiro atoms. The maximum absolute atomic E-state index is 13.3. The Balaban J connectivity index is 0.00000261. The molecule has 1 aliphatic rings. The maximum Gasteiger partial charge on any atom is 0.327 e. The first-order valence-electron chi connectivity index (χ1n) is 8.15. The first kappa shape index (κ1) is 21.2. The number of halogens is 2. The Kier molecular flexibility index (Phi) is 6.84. The lowest BCUT2D eigenvalue weighted by Gasteiger charge is -2.27. The van der Waals surface area contributed by atoms with E-state index in [1.54, 1.807) is 32.2 Å². The first-order chi connectivity index (χ1) is 12.4. The van der Waals surface area contributed by atoms with Crippen LogP contribution in [0.5, 0.6) is 0 Å². The lowest BCUT2D eigenvalue weighted by molar-refractivity contribution is -0.532. The van der Waals surface area contributed by atoms with Gasteiger partial charge in [0.25, 0.3) is 0 Å². The molecule has 1 aliphatic heterocycles. The van der Waals surface area contributed by atoms with E-state index in [-0.39, 0.29) is 12.4 Å². The Morgan fingerprint density at radius 3 is 2.52 bits per heavy atom. The van der Waals surface area contributed by atoms with Crippen molar-refractivity contribution in [3.63, 3.8) is 0 Å². The van der Waals surface area contributed by atoms with Crippen molar-refractivity contribution in [1.29, 1.82) is 0 Å². The van der Waals surface area contributed by atoms with Gasteiger partial charge in [-0.2, -0.15) is 4.74 Å². The molecule has 1 heterocycles. The number of methoxy groups -OCH3 is 1. The van der Waals surface area contributed by atoms with Crippen LogP contribution in [0.25, 0.3) is 0 Å². The van der Waals surface area contributed by atoms with Crippen molar-refractivity contribution in [2.75, 3.05) is 14.2 Å². The highest BCUT2D eigenvalue weighted by molar-refractivity contribution is 6.31. The van der Waals surface area contributed by atoms with Crippen LogP contribution in [0.2, 0.25) is 5.02 Å². The summed E-state index contributed by atoms with van der Waals surface area (Å²) in [6.07, 6.45) is -1.86. The Bertz CT molecular complexity index is 870. The summed E-state index contributed by atoms with van der Waals surface area (Å²) in [6.45, 7) is 1.60. The number of aliphatic hydroxyl groups excluding tert-OH is 1. The molecule has 8 heteroatoms. The van der Waals surface area contributed by atoms with Gasteiger partial charge in [0, 0.05) is 24.7 Å². The van der Waals surface area contributed by atoms with Crippen molar-refractivity contribution < 1.29 is 14.6 Å². The number of ether oxygens (including phenoxy) is 1. The van der Waals surface area contributed by atoms with Gasteiger partial charge in [-0.3, -0.25) is 0 Å². The Labute approximate surface area is 169 Å². The van der Waals surface area contributed by atoms with Crippen LogP contribution in [0.1, 0.15) is 18.1 Å². The van der Waals surface area contributed by atoms with Crippen LogP contribution in [0.15, 0.2) is 53.5 Å². The van der Waals surface area contributed by atoms with Crippen LogP contribution in [-0.2, 0) is 4.74 Å². The Morgan fingerprint density at radius 1 is 1.26 bits per heavy atom. The van der Waals surface area contributed by atoms with Crippen molar-refractivity contribution in [3.8, 4) is 0 Å². The average Bonchev–Trinajstić information content (AvgIpc) is 2.75. The van der Waals surface area contributed by atoms with Crippen LogP contribution >= 0.6 is 24.0 Å². The van der Waals surface area contributed by atoms with Crippen LogP contribution < -0.4 is 0 Å². The van der Waals surface area contributed by atoms with E-state index in [0.29, 0.717) is 27.8 Å². The normalized spacial score (nSPS) is 17.4. The van der Waals surface area contributed by atoms with Crippen molar-refractivity contribution in [2.24, 2.45) is 4.99 Å². The zero-order chi connectivity index (χ0) is 18.8. The molecule has 0 amide bonds. The van der Waals surface area contributed by atoms with E-state index in [1.807, 2.05) is 30.3 Å². The number of hydrogen-bond donors (Lipinski definition) is 1. The summed E-state index contributed by atoms with van der Waals surface area (Å²) >= 11 is 6.19.